The number of halogens is 1. The minimum absolute atomic E-state index is 0.127. The van der Waals surface area contributed by atoms with Crippen LogP contribution in [0.5, 0.6) is 0 Å². The molecule has 0 aliphatic rings. The summed E-state index contributed by atoms with van der Waals surface area (Å²) in [4.78, 5) is 4.52. The van der Waals surface area contributed by atoms with Gasteiger partial charge in [0.05, 0.1) is 12.3 Å². The molecule has 2 aromatic carbocycles. The highest BCUT2D eigenvalue weighted by molar-refractivity contribution is 7.89. The zero-order chi connectivity index (χ0) is 22.9. The lowest BCUT2D eigenvalue weighted by molar-refractivity contribution is 0.600. The molecule has 0 heterocycles. The van der Waals surface area contributed by atoms with Gasteiger partial charge < -0.3 is 10.6 Å². The lowest BCUT2D eigenvalue weighted by Gasteiger charge is -2.13. The van der Waals surface area contributed by atoms with E-state index in [9.17, 15) is 12.8 Å². The van der Waals surface area contributed by atoms with Crippen molar-refractivity contribution >= 4 is 15.8 Å². The van der Waals surface area contributed by atoms with Gasteiger partial charge in [-0.2, -0.15) is 0 Å². The van der Waals surface area contributed by atoms with Crippen molar-refractivity contribution in [3.63, 3.8) is 0 Å². The maximum atomic E-state index is 13.7. The molecule has 31 heavy (non-hydrogen) atoms. The molecule has 0 amide bonds. The molecular formula is C24H34FN3O2S. The van der Waals surface area contributed by atoms with Crippen molar-refractivity contribution in [2.45, 2.75) is 51.8 Å². The fraction of sp³-hybridized carbons (Fsp3) is 0.458. The van der Waals surface area contributed by atoms with Gasteiger partial charge >= 0.3 is 0 Å². The number of hydrogen-bond donors (Lipinski definition) is 2. The maximum Gasteiger partial charge on any atom is 0.191 e. The zero-order valence-electron chi connectivity index (χ0n) is 18.9. The van der Waals surface area contributed by atoms with E-state index in [2.05, 4.69) is 53.7 Å². The Kier molecular flexibility index (Phi) is 9.49. The normalized spacial score (nSPS) is 12.3. The number of nitrogens with one attached hydrogen (secondary N) is 2. The zero-order valence-corrected chi connectivity index (χ0v) is 19.7. The summed E-state index contributed by atoms with van der Waals surface area (Å²) in [5.41, 5.74) is 3.80. The second-order valence-corrected chi connectivity index (χ2v) is 10.2. The first-order chi connectivity index (χ1) is 14.7. The van der Waals surface area contributed by atoms with Crippen LogP contribution in [0.25, 0.3) is 0 Å². The van der Waals surface area contributed by atoms with E-state index in [0.717, 1.165) is 19.4 Å². The first kappa shape index (κ1) is 24.9. The molecule has 5 nitrogen and oxygen atoms in total. The third kappa shape index (κ3) is 9.09. The fourth-order valence-corrected chi connectivity index (χ4v) is 4.09. The van der Waals surface area contributed by atoms with E-state index >= 15 is 0 Å². The molecule has 0 saturated heterocycles. The molecule has 0 unspecified atom stereocenters. The van der Waals surface area contributed by atoms with Crippen molar-refractivity contribution in [2.24, 2.45) is 4.99 Å². The molecule has 2 aromatic rings. The van der Waals surface area contributed by atoms with E-state index in [0.29, 0.717) is 29.5 Å². The van der Waals surface area contributed by atoms with Gasteiger partial charge in [-0.05, 0) is 60.1 Å². The number of sulfone groups is 1. The van der Waals surface area contributed by atoms with Gasteiger partial charge in [-0.1, -0.05) is 44.2 Å². The molecule has 0 spiro atoms. The van der Waals surface area contributed by atoms with Crippen LogP contribution in [0.3, 0.4) is 0 Å². The van der Waals surface area contributed by atoms with E-state index in [1.54, 1.807) is 0 Å². The predicted molar refractivity (Wildman–Crippen MR) is 127 cm³/mol. The van der Waals surface area contributed by atoms with Crippen molar-refractivity contribution in [3.8, 4) is 0 Å². The molecule has 2 rings (SSSR count). The Morgan fingerprint density at radius 1 is 1.06 bits per heavy atom. The summed E-state index contributed by atoms with van der Waals surface area (Å²) in [5, 5.41) is 6.48. The SMILES string of the molecule is CCNC(=NCc1cc(F)ccc1CS(C)(=O)=O)NCCCc1ccc(C(C)C)cc1. The van der Waals surface area contributed by atoms with Crippen LogP contribution in [0.4, 0.5) is 4.39 Å². The summed E-state index contributed by atoms with van der Waals surface area (Å²) in [5.74, 6) is 0.638. The van der Waals surface area contributed by atoms with E-state index in [1.165, 1.54) is 35.6 Å². The van der Waals surface area contributed by atoms with Crippen LogP contribution in [0.1, 0.15) is 55.4 Å². The first-order valence-corrected chi connectivity index (χ1v) is 12.8. The lowest BCUT2D eigenvalue weighted by Crippen LogP contribution is -2.37. The van der Waals surface area contributed by atoms with Crippen molar-refractivity contribution in [2.75, 3.05) is 19.3 Å². The van der Waals surface area contributed by atoms with Gasteiger partial charge in [0.25, 0.3) is 0 Å². The Morgan fingerprint density at radius 3 is 2.39 bits per heavy atom. The molecule has 0 aliphatic carbocycles. The minimum atomic E-state index is -3.22. The number of aryl methyl sites for hydroxylation is 1. The van der Waals surface area contributed by atoms with E-state index < -0.39 is 15.7 Å². The average Bonchev–Trinajstić information content (AvgIpc) is 2.70. The highest BCUT2D eigenvalue weighted by Gasteiger charge is 2.11. The van der Waals surface area contributed by atoms with Gasteiger partial charge in [0.1, 0.15) is 5.82 Å². The molecule has 0 bridgehead atoms. The Labute approximate surface area is 186 Å². The van der Waals surface area contributed by atoms with Crippen molar-refractivity contribution in [3.05, 3.63) is 70.5 Å². The van der Waals surface area contributed by atoms with Crippen LogP contribution in [0, 0.1) is 5.82 Å². The summed E-state index contributed by atoms with van der Waals surface area (Å²) >= 11 is 0. The van der Waals surface area contributed by atoms with Gasteiger partial charge in [0.15, 0.2) is 15.8 Å². The van der Waals surface area contributed by atoms with Crippen molar-refractivity contribution in [1.82, 2.24) is 10.6 Å². The second kappa shape index (κ2) is 11.8. The average molecular weight is 448 g/mol. The van der Waals surface area contributed by atoms with Gasteiger partial charge in [0, 0.05) is 19.3 Å². The first-order valence-electron chi connectivity index (χ1n) is 10.7. The molecule has 0 saturated carbocycles. The number of benzene rings is 2. The standard InChI is InChI=1S/C24H34FN3O2S/c1-5-26-24(27-14-6-7-19-8-10-20(11-9-19)18(2)3)28-16-22-15-23(25)13-12-21(22)17-31(4,29)30/h8-13,15,18H,5-7,14,16-17H2,1-4H3,(H2,26,27,28). The lowest BCUT2D eigenvalue weighted by atomic mass is 10.0. The molecule has 0 atom stereocenters. The number of hydrogen-bond acceptors (Lipinski definition) is 3. The van der Waals surface area contributed by atoms with E-state index in [-0.39, 0.29) is 12.3 Å². The van der Waals surface area contributed by atoms with Crippen molar-refractivity contribution in [1.29, 1.82) is 0 Å². The molecule has 0 fully saturated rings. The minimum Gasteiger partial charge on any atom is -0.357 e. The number of rotatable bonds is 10. The smallest absolute Gasteiger partial charge is 0.191 e. The molecular weight excluding hydrogens is 413 g/mol. The van der Waals surface area contributed by atoms with Crippen LogP contribution in [-0.2, 0) is 28.6 Å². The summed E-state index contributed by atoms with van der Waals surface area (Å²) < 4.78 is 37.0. The monoisotopic (exact) mass is 447 g/mol. The van der Waals surface area contributed by atoms with E-state index in [4.69, 9.17) is 0 Å². The Hall–Kier alpha value is -2.41. The number of guanidine groups is 1. The quantitative estimate of drug-likeness (QED) is 0.326. The molecule has 2 N–H and O–H groups in total. The summed E-state index contributed by atoms with van der Waals surface area (Å²) in [7, 11) is -3.22. The van der Waals surface area contributed by atoms with E-state index in [1.807, 2.05) is 6.92 Å². The molecule has 170 valence electrons. The molecule has 0 radical (unpaired) electrons. The predicted octanol–water partition coefficient (Wildman–Crippen LogP) is 4.18. The van der Waals surface area contributed by atoms with Gasteiger partial charge in [-0.15, -0.1) is 0 Å². The topological polar surface area (TPSA) is 70.6 Å². The molecule has 7 heteroatoms. The van der Waals surface area contributed by atoms with Crippen molar-refractivity contribution < 1.29 is 12.8 Å². The Balaban J connectivity index is 1.95. The maximum absolute atomic E-state index is 13.7. The summed E-state index contributed by atoms with van der Waals surface area (Å²) in [6, 6.07) is 12.9. The highest BCUT2D eigenvalue weighted by Crippen LogP contribution is 2.16. The Morgan fingerprint density at radius 2 is 1.77 bits per heavy atom. The van der Waals surface area contributed by atoms with Crippen LogP contribution < -0.4 is 10.6 Å². The summed E-state index contributed by atoms with van der Waals surface area (Å²) in [6.45, 7) is 8.00. The Bertz CT molecular complexity index is 971. The molecule has 0 aromatic heterocycles. The van der Waals surface area contributed by atoms with Crippen LogP contribution in [0.15, 0.2) is 47.5 Å². The fourth-order valence-electron chi connectivity index (χ4n) is 3.24. The second-order valence-electron chi connectivity index (χ2n) is 8.10. The van der Waals surface area contributed by atoms with Gasteiger partial charge in [0.2, 0.25) is 0 Å². The highest BCUT2D eigenvalue weighted by atomic mass is 32.2. The number of nitrogens with zero attached hydrogens (tertiary/aromatic N) is 1. The number of aliphatic imine (C=N–C) groups is 1. The molecule has 0 aliphatic heterocycles. The largest absolute Gasteiger partial charge is 0.357 e. The van der Waals surface area contributed by atoms with Crippen LogP contribution in [0.2, 0.25) is 0 Å². The summed E-state index contributed by atoms with van der Waals surface area (Å²) in [6.07, 6.45) is 3.09. The van der Waals surface area contributed by atoms with Crippen LogP contribution >= 0.6 is 0 Å². The third-order valence-electron chi connectivity index (χ3n) is 4.92. The van der Waals surface area contributed by atoms with Gasteiger partial charge in [-0.3, -0.25) is 0 Å². The third-order valence-corrected chi connectivity index (χ3v) is 5.75. The van der Waals surface area contributed by atoms with Gasteiger partial charge in [-0.25, -0.2) is 17.8 Å². The van der Waals surface area contributed by atoms with Crippen LogP contribution in [-0.4, -0.2) is 33.7 Å².